The Hall–Kier alpha value is 2.06. The van der Waals surface area contributed by atoms with Gasteiger partial charge in [0.2, 0.25) is 0 Å². The number of rotatable bonds is 1. The van der Waals surface area contributed by atoms with Gasteiger partial charge in [0.05, 0.1) is 29.5 Å². The van der Waals surface area contributed by atoms with Crippen LogP contribution in [-0.4, -0.2) is 22.3 Å². The summed E-state index contributed by atoms with van der Waals surface area (Å²) in [5, 5.41) is 10.7. The van der Waals surface area contributed by atoms with Gasteiger partial charge in [0, 0.05) is 29.7 Å². The Morgan fingerprint density at radius 3 is 1.35 bits per heavy atom. The quantitative estimate of drug-likeness (QED) is 0.162. The second-order valence-electron chi connectivity index (χ2n) is 7.94. The summed E-state index contributed by atoms with van der Waals surface area (Å²) in [6, 6.07) is 2.69. The fourth-order valence-corrected chi connectivity index (χ4v) is 9.73. The van der Waals surface area contributed by atoms with Crippen LogP contribution in [0.5, 0.6) is 0 Å². The van der Waals surface area contributed by atoms with Crippen LogP contribution in [0.1, 0.15) is 23.0 Å². The summed E-state index contributed by atoms with van der Waals surface area (Å²) in [4.78, 5) is 11.1. The SMILES string of the molecule is O=[N+]([O-])c1cc2c(cc1Br)[C@H]1[C@@H]([C@@H]3[C@@H]2C(Cl)(Cl)C(Cl)=C(Cl)C3(Cl)Cl)C(Cl)(Cl)C(Cl)=C(Cl)C1(Cl)Cl. The van der Waals surface area contributed by atoms with Crippen molar-refractivity contribution in [2.45, 2.75) is 29.2 Å². The van der Waals surface area contributed by atoms with Crippen LogP contribution < -0.4 is 0 Å². The molecule has 0 saturated carbocycles. The van der Waals surface area contributed by atoms with Crippen LogP contribution in [0.2, 0.25) is 0 Å². The van der Waals surface area contributed by atoms with Gasteiger partial charge in [-0.25, -0.2) is 0 Å². The second-order valence-corrected chi connectivity index (χ2v) is 15.9. The number of hydrogen-bond acceptors (Lipinski definition) is 2. The van der Waals surface area contributed by atoms with Crippen molar-refractivity contribution in [2.75, 3.05) is 0 Å². The summed E-state index contributed by atoms with van der Waals surface area (Å²) in [5.74, 6) is -4.41. The van der Waals surface area contributed by atoms with E-state index in [2.05, 4.69) is 15.9 Å². The van der Waals surface area contributed by atoms with Crippen LogP contribution in [0.3, 0.4) is 0 Å². The molecule has 186 valence electrons. The number of benzene rings is 1. The van der Waals surface area contributed by atoms with E-state index in [1.807, 2.05) is 0 Å². The number of halogens is 13. The van der Waals surface area contributed by atoms with Crippen LogP contribution in [0.25, 0.3) is 0 Å². The third-order valence-electron chi connectivity index (χ3n) is 6.30. The van der Waals surface area contributed by atoms with E-state index in [1.165, 1.54) is 12.1 Å². The number of alkyl halides is 8. The van der Waals surface area contributed by atoms with Crippen LogP contribution in [-0.2, 0) is 0 Å². The topological polar surface area (TPSA) is 43.1 Å². The van der Waals surface area contributed by atoms with Gasteiger partial charge in [-0.1, -0.05) is 139 Å². The Morgan fingerprint density at radius 2 is 1.00 bits per heavy atom. The first-order valence-corrected chi connectivity index (χ1v) is 14.3. The molecule has 0 saturated heterocycles. The predicted molar refractivity (Wildman–Crippen MR) is 148 cm³/mol. The van der Waals surface area contributed by atoms with Gasteiger partial charge >= 0.3 is 0 Å². The molecule has 3 aliphatic rings. The first kappa shape index (κ1) is 29.1. The minimum absolute atomic E-state index is 0.109. The molecule has 1 aromatic carbocycles. The number of nitro benzene ring substituents is 1. The first-order chi connectivity index (χ1) is 15.3. The van der Waals surface area contributed by atoms with E-state index in [1.54, 1.807) is 0 Å². The Labute approximate surface area is 262 Å². The summed E-state index contributed by atoms with van der Waals surface area (Å²) >= 11 is 83.1. The standard InChI is InChI=1S/C18H6BrCl12NO2/c19-5-1-3-4(2-6(5)32(33)34)8-10(18(30,31)14(23)12(21)16(8,26)27)9-7(3)15(24,25)11(20)13(22)17(9,28)29/h1-2,7-10H/t7-,8+,9-,10-/m0/s1. The second kappa shape index (κ2) is 9.04. The zero-order valence-electron chi connectivity index (χ0n) is 15.6. The molecule has 16 heteroatoms. The minimum Gasteiger partial charge on any atom is -0.258 e. The number of allylic oxidation sites excluding steroid dienone is 4. The average Bonchev–Trinajstić information content (AvgIpc) is 2.72. The van der Waals surface area contributed by atoms with Crippen molar-refractivity contribution >= 4 is 161 Å². The number of hydrogen-bond donors (Lipinski definition) is 0. The van der Waals surface area contributed by atoms with E-state index in [-0.39, 0.29) is 35.9 Å². The predicted octanol–water partition coefficient (Wildman–Crippen LogP) is 10.9. The van der Waals surface area contributed by atoms with Gasteiger partial charge < -0.3 is 0 Å². The van der Waals surface area contributed by atoms with E-state index < -0.39 is 45.9 Å². The van der Waals surface area contributed by atoms with Crippen LogP contribution in [0.15, 0.2) is 36.7 Å². The normalized spacial score (nSPS) is 32.6. The Kier molecular flexibility index (Phi) is 7.73. The van der Waals surface area contributed by atoms with Crippen molar-refractivity contribution in [1.82, 2.24) is 0 Å². The molecule has 0 amide bonds. The molecule has 3 aliphatic carbocycles. The van der Waals surface area contributed by atoms with Gasteiger partial charge in [-0.05, 0) is 33.1 Å². The number of nitrogens with zero attached hydrogens (tertiary/aromatic N) is 1. The summed E-state index contributed by atoms with van der Waals surface area (Å²) in [6.45, 7) is 0. The molecule has 4 rings (SSSR count). The highest BCUT2D eigenvalue weighted by atomic mass is 79.9. The highest BCUT2D eigenvalue weighted by Crippen LogP contribution is 2.75. The van der Waals surface area contributed by atoms with Gasteiger partial charge in [-0.15, -0.1) is 0 Å². The van der Waals surface area contributed by atoms with Gasteiger partial charge in [-0.2, -0.15) is 0 Å². The minimum atomic E-state index is -1.99. The third kappa shape index (κ3) is 3.87. The first-order valence-electron chi connectivity index (χ1n) is 8.93. The Bertz CT molecular complexity index is 1190. The van der Waals surface area contributed by atoms with E-state index >= 15 is 0 Å². The molecular weight excluding hydrogens is 768 g/mol. The fraction of sp³-hybridized carbons (Fsp3) is 0.444. The molecule has 3 nitrogen and oxygen atoms in total. The molecule has 0 bridgehead atoms. The van der Waals surface area contributed by atoms with Crippen LogP contribution in [0.4, 0.5) is 5.69 Å². The lowest BCUT2D eigenvalue weighted by Crippen LogP contribution is -2.60. The van der Waals surface area contributed by atoms with E-state index in [4.69, 9.17) is 139 Å². The molecule has 34 heavy (non-hydrogen) atoms. The maximum Gasteiger partial charge on any atom is 0.283 e. The number of nitro groups is 1. The zero-order valence-corrected chi connectivity index (χ0v) is 26.3. The fourth-order valence-electron chi connectivity index (χ4n) is 4.94. The van der Waals surface area contributed by atoms with Gasteiger partial charge in [0.15, 0.2) is 17.3 Å². The molecule has 0 heterocycles. The van der Waals surface area contributed by atoms with Gasteiger partial charge in [0.25, 0.3) is 5.69 Å². The summed E-state index contributed by atoms with van der Waals surface area (Å²) in [6.07, 6.45) is 0. The summed E-state index contributed by atoms with van der Waals surface area (Å²) in [5.41, 5.74) is 0.273. The molecule has 0 N–H and O–H groups in total. The smallest absolute Gasteiger partial charge is 0.258 e. The largest absolute Gasteiger partial charge is 0.283 e. The van der Waals surface area contributed by atoms with Crippen molar-refractivity contribution in [2.24, 2.45) is 11.8 Å². The van der Waals surface area contributed by atoms with Crippen molar-refractivity contribution < 1.29 is 4.92 Å². The van der Waals surface area contributed by atoms with Crippen molar-refractivity contribution in [1.29, 1.82) is 0 Å². The number of fused-ring (bicyclic) bond motifs is 6. The molecule has 0 aliphatic heterocycles. The summed E-state index contributed by atoms with van der Waals surface area (Å²) < 4.78 is -7.70. The van der Waals surface area contributed by atoms with E-state index in [0.717, 1.165) is 0 Å². The van der Waals surface area contributed by atoms with Crippen molar-refractivity contribution in [3.63, 3.8) is 0 Å². The highest BCUT2D eigenvalue weighted by molar-refractivity contribution is 9.10. The molecule has 0 spiro atoms. The maximum absolute atomic E-state index is 11.7. The third-order valence-corrected chi connectivity index (χ3v) is 13.3. The van der Waals surface area contributed by atoms with Gasteiger partial charge in [-0.3, -0.25) is 10.1 Å². The molecule has 0 fully saturated rings. The maximum atomic E-state index is 11.7. The highest BCUT2D eigenvalue weighted by Gasteiger charge is 2.72. The van der Waals surface area contributed by atoms with Crippen molar-refractivity contribution in [3.8, 4) is 0 Å². The monoisotopic (exact) mass is 767 g/mol. The summed E-state index contributed by atoms with van der Waals surface area (Å²) in [7, 11) is 0. The van der Waals surface area contributed by atoms with Crippen LogP contribution >= 0.6 is 155 Å². The van der Waals surface area contributed by atoms with E-state index in [9.17, 15) is 10.1 Å². The van der Waals surface area contributed by atoms with E-state index in [0.29, 0.717) is 5.56 Å². The molecule has 1 aromatic rings. The zero-order chi connectivity index (χ0) is 25.9. The average molecular weight is 774 g/mol. The molecular formula is C18H6BrCl12NO2. The molecule has 0 aromatic heterocycles. The molecule has 0 radical (unpaired) electrons. The lowest BCUT2D eigenvalue weighted by Gasteiger charge is -2.60. The Morgan fingerprint density at radius 1 is 0.676 bits per heavy atom. The van der Waals surface area contributed by atoms with Gasteiger partial charge in [0.1, 0.15) is 0 Å². The molecule has 0 unspecified atom stereocenters. The van der Waals surface area contributed by atoms with Crippen LogP contribution in [0, 0.1) is 22.0 Å². The van der Waals surface area contributed by atoms with Crippen molar-refractivity contribution in [3.05, 3.63) is 58.0 Å². The lowest BCUT2D eigenvalue weighted by molar-refractivity contribution is -0.385. The Balaban J connectivity index is 2.21. The molecule has 4 atom stereocenters. The lowest BCUT2D eigenvalue weighted by atomic mass is 9.56.